The van der Waals surface area contributed by atoms with Gasteiger partial charge in [0.25, 0.3) is 5.91 Å². The van der Waals surface area contributed by atoms with Gasteiger partial charge in [0.2, 0.25) is 0 Å². The van der Waals surface area contributed by atoms with E-state index in [2.05, 4.69) is 0 Å². The number of phenolic OH excluding ortho intramolecular Hbond substituents is 2. The molecule has 1 amide bonds. The van der Waals surface area contributed by atoms with Crippen LogP contribution in [0.2, 0.25) is 0 Å². The van der Waals surface area contributed by atoms with Crippen molar-refractivity contribution in [1.82, 2.24) is 4.90 Å². The molecule has 0 radical (unpaired) electrons. The fourth-order valence-electron chi connectivity index (χ4n) is 3.50. The van der Waals surface area contributed by atoms with Gasteiger partial charge >= 0.3 is 5.97 Å². The third-order valence-electron chi connectivity index (χ3n) is 4.71. The van der Waals surface area contributed by atoms with Crippen LogP contribution in [0.5, 0.6) is 23.0 Å². The molecule has 2 N–H and O–H groups in total. The van der Waals surface area contributed by atoms with E-state index in [-0.39, 0.29) is 35.1 Å². The highest BCUT2D eigenvalue weighted by molar-refractivity contribution is 6.04. The van der Waals surface area contributed by atoms with Gasteiger partial charge in [0.1, 0.15) is 18.0 Å². The molecular formula is C20H21NO7. The van der Waals surface area contributed by atoms with E-state index in [4.69, 9.17) is 14.2 Å². The molecule has 8 heteroatoms. The van der Waals surface area contributed by atoms with Crippen LogP contribution in [0.1, 0.15) is 33.1 Å². The molecule has 1 aliphatic rings. The molecule has 0 spiro atoms. The van der Waals surface area contributed by atoms with Crippen molar-refractivity contribution >= 4 is 11.9 Å². The molecule has 2 aromatic carbocycles. The average Bonchev–Trinajstić information content (AvgIpc) is 2.94. The number of ether oxygens (including phenoxy) is 3. The molecule has 0 bridgehead atoms. The lowest BCUT2D eigenvalue weighted by molar-refractivity contribution is -0.141. The lowest BCUT2D eigenvalue weighted by atomic mass is 9.94. The normalized spacial score (nSPS) is 15.4. The Kier molecular flexibility index (Phi) is 5.04. The number of carbonyl (C=O) groups excluding carboxylic acids is 2. The predicted octanol–water partition coefficient (Wildman–Crippen LogP) is 2.14. The van der Waals surface area contributed by atoms with Crippen molar-refractivity contribution in [3.8, 4) is 23.0 Å². The highest BCUT2D eigenvalue weighted by Crippen LogP contribution is 2.48. The summed E-state index contributed by atoms with van der Waals surface area (Å²) < 4.78 is 15.2. The number of phenols is 2. The summed E-state index contributed by atoms with van der Waals surface area (Å²) in [6, 6.07) is 5.27. The zero-order valence-electron chi connectivity index (χ0n) is 16.0. The summed E-state index contributed by atoms with van der Waals surface area (Å²) in [5, 5.41) is 20.8. The minimum absolute atomic E-state index is 0.104. The standard InChI is InChI=1S/C20H21NO7/c1-10-5-13(19(24)15(6-10)27-3)18-12-7-11(22)8-14(26-2)17(12)20(25)21(18)9-16(23)28-4/h5-8,18,22,24H,9H2,1-4H3. The first-order chi connectivity index (χ1) is 13.3. The van der Waals surface area contributed by atoms with Crippen molar-refractivity contribution in [2.75, 3.05) is 27.9 Å². The summed E-state index contributed by atoms with van der Waals surface area (Å²) in [5.74, 6) is -0.934. The number of methoxy groups -OCH3 is 3. The number of esters is 1. The van der Waals surface area contributed by atoms with Crippen LogP contribution in [0.25, 0.3) is 0 Å². The Balaban J connectivity index is 2.28. The fourth-order valence-corrected chi connectivity index (χ4v) is 3.50. The summed E-state index contributed by atoms with van der Waals surface area (Å²) in [4.78, 5) is 26.3. The molecule has 1 atom stereocenters. The highest BCUT2D eigenvalue weighted by atomic mass is 16.5. The van der Waals surface area contributed by atoms with Gasteiger partial charge < -0.3 is 29.3 Å². The second-order valence-electron chi connectivity index (χ2n) is 6.43. The van der Waals surface area contributed by atoms with E-state index in [0.717, 1.165) is 5.56 Å². The molecule has 0 aromatic heterocycles. The summed E-state index contributed by atoms with van der Waals surface area (Å²) in [7, 11) is 4.03. The van der Waals surface area contributed by atoms with E-state index >= 15 is 0 Å². The van der Waals surface area contributed by atoms with E-state index in [1.165, 1.54) is 38.4 Å². The molecule has 2 aromatic rings. The molecule has 1 heterocycles. The van der Waals surface area contributed by atoms with E-state index in [0.29, 0.717) is 11.1 Å². The van der Waals surface area contributed by atoms with Gasteiger partial charge in [-0.1, -0.05) is 0 Å². The van der Waals surface area contributed by atoms with Crippen LogP contribution >= 0.6 is 0 Å². The molecular weight excluding hydrogens is 366 g/mol. The number of nitrogens with zero attached hydrogens (tertiary/aromatic N) is 1. The zero-order chi connectivity index (χ0) is 20.6. The highest BCUT2D eigenvalue weighted by Gasteiger charge is 2.43. The Labute approximate surface area is 161 Å². The molecule has 148 valence electrons. The largest absolute Gasteiger partial charge is 0.508 e. The number of aromatic hydroxyl groups is 2. The number of hydrogen-bond donors (Lipinski definition) is 2. The molecule has 0 aliphatic carbocycles. The maximum atomic E-state index is 13.1. The summed E-state index contributed by atoms with van der Waals surface area (Å²) in [6.45, 7) is 1.48. The first-order valence-corrected chi connectivity index (χ1v) is 8.48. The van der Waals surface area contributed by atoms with Crippen LogP contribution in [-0.4, -0.2) is 54.9 Å². The van der Waals surface area contributed by atoms with Crippen molar-refractivity contribution in [3.63, 3.8) is 0 Å². The molecule has 0 fully saturated rings. The van der Waals surface area contributed by atoms with Crippen LogP contribution in [0, 0.1) is 6.92 Å². The Morgan fingerprint density at radius 1 is 1.04 bits per heavy atom. The van der Waals surface area contributed by atoms with Gasteiger partial charge in [0, 0.05) is 11.6 Å². The van der Waals surface area contributed by atoms with E-state index in [1.807, 2.05) is 6.92 Å². The summed E-state index contributed by atoms with van der Waals surface area (Å²) in [6.07, 6.45) is 0. The van der Waals surface area contributed by atoms with Gasteiger partial charge in [-0.3, -0.25) is 9.59 Å². The number of aryl methyl sites for hydroxylation is 1. The number of amides is 1. The minimum atomic E-state index is -0.837. The van der Waals surface area contributed by atoms with Crippen LogP contribution in [0.3, 0.4) is 0 Å². The van der Waals surface area contributed by atoms with Crippen molar-refractivity contribution in [2.45, 2.75) is 13.0 Å². The number of carbonyl (C=O) groups is 2. The van der Waals surface area contributed by atoms with Gasteiger partial charge in [-0.15, -0.1) is 0 Å². The third kappa shape index (κ3) is 3.06. The van der Waals surface area contributed by atoms with Gasteiger partial charge in [0.05, 0.1) is 32.9 Å². The number of fused-ring (bicyclic) bond motifs is 1. The molecule has 1 aliphatic heterocycles. The maximum absolute atomic E-state index is 13.1. The van der Waals surface area contributed by atoms with Crippen molar-refractivity contribution in [2.24, 2.45) is 0 Å². The van der Waals surface area contributed by atoms with Crippen LogP contribution in [-0.2, 0) is 9.53 Å². The third-order valence-corrected chi connectivity index (χ3v) is 4.71. The van der Waals surface area contributed by atoms with Crippen molar-refractivity contribution in [3.05, 3.63) is 46.5 Å². The SMILES string of the molecule is COC(=O)CN1C(=O)c2c(OC)cc(O)cc2C1c1cc(C)cc(OC)c1O. The first-order valence-electron chi connectivity index (χ1n) is 8.48. The molecule has 3 rings (SSSR count). The quantitative estimate of drug-likeness (QED) is 0.757. The Morgan fingerprint density at radius 3 is 2.32 bits per heavy atom. The molecule has 0 saturated carbocycles. The summed E-state index contributed by atoms with van der Waals surface area (Å²) in [5.41, 5.74) is 1.78. The lowest BCUT2D eigenvalue weighted by Crippen LogP contribution is -2.34. The molecule has 8 nitrogen and oxygen atoms in total. The topological polar surface area (TPSA) is 106 Å². The van der Waals surface area contributed by atoms with Gasteiger partial charge in [-0.05, 0) is 36.2 Å². The Hall–Kier alpha value is -3.42. The van der Waals surface area contributed by atoms with E-state index in [1.54, 1.807) is 12.1 Å². The van der Waals surface area contributed by atoms with Crippen LogP contribution < -0.4 is 9.47 Å². The van der Waals surface area contributed by atoms with Gasteiger partial charge in [0.15, 0.2) is 11.5 Å². The molecule has 0 saturated heterocycles. The lowest BCUT2D eigenvalue weighted by Gasteiger charge is -2.26. The average molecular weight is 387 g/mol. The molecule has 28 heavy (non-hydrogen) atoms. The number of hydrogen-bond acceptors (Lipinski definition) is 7. The second kappa shape index (κ2) is 7.30. The van der Waals surface area contributed by atoms with Crippen LogP contribution in [0.4, 0.5) is 0 Å². The predicted molar refractivity (Wildman–Crippen MR) is 99.0 cm³/mol. The van der Waals surface area contributed by atoms with E-state index in [9.17, 15) is 19.8 Å². The first kappa shape index (κ1) is 19.3. The maximum Gasteiger partial charge on any atom is 0.325 e. The smallest absolute Gasteiger partial charge is 0.325 e. The Bertz CT molecular complexity index is 954. The number of rotatable bonds is 5. The summed E-state index contributed by atoms with van der Waals surface area (Å²) >= 11 is 0. The second-order valence-corrected chi connectivity index (χ2v) is 6.43. The monoisotopic (exact) mass is 387 g/mol. The van der Waals surface area contributed by atoms with Crippen molar-refractivity contribution < 1.29 is 34.0 Å². The van der Waals surface area contributed by atoms with Gasteiger partial charge in [-0.25, -0.2) is 0 Å². The molecule has 1 unspecified atom stereocenters. The Morgan fingerprint density at radius 2 is 1.71 bits per heavy atom. The van der Waals surface area contributed by atoms with Crippen molar-refractivity contribution in [1.29, 1.82) is 0 Å². The number of benzene rings is 2. The minimum Gasteiger partial charge on any atom is -0.508 e. The fraction of sp³-hybridized carbons (Fsp3) is 0.300. The van der Waals surface area contributed by atoms with Crippen LogP contribution in [0.15, 0.2) is 24.3 Å². The zero-order valence-corrected chi connectivity index (χ0v) is 16.0. The van der Waals surface area contributed by atoms with E-state index < -0.39 is 17.9 Å². The van der Waals surface area contributed by atoms with Gasteiger partial charge in [-0.2, -0.15) is 0 Å².